The van der Waals surface area contributed by atoms with E-state index in [4.69, 9.17) is 10.3 Å². The molecular formula is C13H17N3OS. The number of fused-ring (bicyclic) bond motifs is 1. The van der Waals surface area contributed by atoms with E-state index in [0.717, 1.165) is 4.88 Å². The molecule has 2 aromatic heterocycles. The highest BCUT2D eigenvalue weighted by atomic mass is 32.1. The monoisotopic (exact) mass is 263 g/mol. The first-order chi connectivity index (χ1) is 8.74. The van der Waals surface area contributed by atoms with Gasteiger partial charge in [-0.15, -0.1) is 11.3 Å². The molecule has 0 spiro atoms. The fourth-order valence-electron chi connectivity index (χ4n) is 2.29. The third-order valence-corrected chi connectivity index (χ3v) is 4.53. The molecule has 4 nitrogen and oxygen atoms in total. The molecule has 0 aliphatic heterocycles. The van der Waals surface area contributed by atoms with Crippen LogP contribution >= 0.6 is 11.3 Å². The van der Waals surface area contributed by atoms with Gasteiger partial charge < -0.3 is 10.3 Å². The quantitative estimate of drug-likeness (QED) is 0.846. The maximum Gasteiger partial charge on any atom is 0.268 e. The summed E-state index contributed by atoms with van der Waals surface area (Å²) in [6.45, 7) is 1.86. The molecule has 5 heteroatoms. The summed E-state index contributed by atoms with van der Waals surface area (Å²) in [5, 5.41) is 3.91. The van der Waals surface area contributed by atoms with E-state index >= 15 is 0 Å². The summed E-state index contributed by atoms with van der Waals surface area (Å²) in [7, 11) is 0. The van der Waals surface area contributed by atoms with Gasteiger partial charge in [0.25, 0.3) is 5.89 Å². The van der Waals surface area contributed by atoms with E-state index in [2.05, 4.69) is 16.2 Å². The number of aryl methyl sites for hydroxylation is 2. The molecule has 2 aromatic rings. The van der Waals surface area contributed by atoms with E-state index in [-0.39, 0.29) is 6.04 Å². The third-order valence-electron chi connectivity index (χ3n) is 3.31. The predicted octanol–water partition coefficient (Wildman–Crippen LogP) is 3.09. The second kappa shape index (κ2) is 4.82. The van der Waals surface area contributed by atoms with Crippen LogP contribution in [0, 0.1) is 0 Å². The molecule has 2 heterocycles. The van der Waals surface area contributed by atoms with Crippen molar-refractivity contribution in [1.29, 1.82) is 0 Å². The van der Waals surface area contributed by atoms with E-state index < -0.39 is 0 Å². The summed E-state index contributed by atoms with van der Waals surface area (Å²) in [5.74, 6) is 1.19. The van der Waals surface area contributed by atoms with Crippen LogP contribution in [0.3, 0.4) is 0 Å². The molecule has 0 fully saturated rings. The zero-order valence-electron chi connectivity index (χ0n) is 10.5. The minimum Gasteiger partial charge on any atom is -0.333 e. The average molecular weight is 263 g/mol. The van der Waals surface area contributed by atoms with Crippen molar-refractivity contribution in [2.75, 3.05) is 0 Å². The maximum atomic E-state index is 5.74. The van der Waals surface area contributed by atoms with Gasteiger partial charge in [-0.1, -0.05) is 11.6 Å². The Morgan fingerprint density at radius 1 is 1.33 bits per heavy atom. The average Bonchev–Trinajstić information content (AvgIpc) is 2.92. The smallest absolute Gasteiger partial charge is 0.268 e. The normalized spacial score (nSPS) is 17.2. The highest BCUT2D eigenvalue weighted by Gasteiger charge is 2.17. The molecule has 3 rings (SSSR count). The van der Waals surface area contributed by atoms with Crippen molar-refractivity contribution < 1.29 is 4.52 Å². The zero-order chi connectivity index (χ0) is 12.5. The molecule has 18 heavy (non-hydrogen) atoms. The number of hydrogen-bond donors (Lipinski definition) is 1. The number of nitrogens with zero attached hydrogens (tertiary/aromatic N) is 2. The number of hydrogen-bond acceptors (Lipinski definition) is 5. The molecule has 1 aliphatic rings. The molecule has 2 N–H and O–H groups in total. The van der Waals surface area contributed by atoms with Gasteiger partial charge in [-0.2, -0.15) is 4.98 Å². The van der Waals surface area contributed by atoms with Gasteiger partial charge in [-0.25, -0.2) is 0 Å². The molecule has 0 amide bonds. The van der Waals surface area contributed by atoms with Gasteiger partial charge in [0.05, 0.1) is 10.9 Å². The summed E-state index contributed by atoms with van der Waals surface area (Å²) in [4.78, 5) is 6.93. The van der Waals surface area contributed by atoms with Crippen molar-refractivity contribution >= 4 is 11.3 Å². The molecule has 0 radical (unpaired) electrons. The minimum atomic E-state index is -0.180. The third kappa shape index (κ3) is 2.20. The second-order valence-corrected chi connectivity index (χ2v) is 6.00. The Bertz CT molecular complexity index is 521. The van der Waals surface area contributed by atoms with Crippen LogP contribution in [-0.4, -0.2) is 10.1 Å². The van der Waals surface area contributed by atoms with Gasteiger partial charge in [0.15, 0.2) is 5.82 Å². The Balaban J connectivity index is 1.92. The predicted molar refractivity (Wildman–Crippen MR) is 71.5 cm³/mol. The van der Waals surface area contributed by atoms with Crippen LogP contribution in [0.15, 0.2) is 10.6 Å². The molecule has 1 atom stereocenters. The Hall–Kier alpha value is -1.20. The van der Waals surface area contributed by atoms with Crippen LogP contribution in [-0.2, 0) is 12.8 Å². The van der Waals surface area contributed by atoms with Gasteiger partial charge in [0.1, 0.15) is 0 Å². The molecule has 1 unspecified atom stereocenters. The van der Waals surface area contributed by atoms with Gasteiger partial charge in [0.2, 0.25) is 0 Å². The molecule has 1 aliphatic carbocycles. The van der Waals surface area contributed by atoms with Crippen LogP contribution in [0.4, 0.5) is 0 Å². The molecule has 0 aromatic carbocycles. The highest BCUT2D eigenvalue weighted by molar-refractivity contribution is 7.15. The Morgan fingerprint density at radius 3 is 2.94 bits per heavy atom. The Labute approximate surface area is 110 Å². The van der Waals surface area contributed by atoms with Crippen LogP contribution < -0.4 is 5.73 Å². The van der Waals surface area contributed by atoms with Crippen molar-refractivity contribution in [1.82, 2.24) is 10.1 Å². The van der Waals surface area contributed by atoms with Crippen molar-refractivity contribution in [3.05, 3.63) is 22.3 Å². The highest BCUT2D eigenvalue weighted by Crippen LogP contribution is 2.34. The van der Waals surface area contributed by atoms with E-state index in [1.807, 2.05) is 6.92 Å². The zero-order valence-corrected chi connectivity index (χ0v) is 11.3. The first-order valence-electron chi connectivity index (χ1n) is 6.45. The van der Waals surface area contributed by atoms with E-state index in [1.165, 1.54) is 42.5 Å². The Morgan fingerprint density at radius 2 is 2.17 bits per heavy atom. The van der Waals surface area contributed by atoms with Crippen LogP contribution in [0.1, 0.15) is 48.5 Å². The fourth-order valence-corrected chi connectivity index (χ4v) is 3.47. The van der Waals surface area contributed by atoms with Crippen LogP contribution in [0.5, 0.6) is 0 Å². The summed E-state index contributed by atoms with van der Waals surface area (Å²) >= 11 is 1.79. The van der Waals surface area contributed by atoms with E-state index in [0.29, 0.717) is 11.7 Å². The number of nitrogens with two attached hydrogens (primary N) is 1. The molecule has 96 valence electrons. The molecule has 0 saturated heterocycles. The van der Waals surface area contributed by atoms with Crippen molar-refractivity contribution in [2.24, 2.45) is 5.73 Å². The van der Waals surface area contributed by atoms with E-state index in [1.54, 1.807) is 11.3 Å². The van der Waals surface area contributed by atoms with Crippen LogP contribution in [0.25, 0.3) is 10.8 Å². The lowest BCUT2D eigenvalue weighted by atomic mass is 10.1. The topological polar surface area (TPSA) is 64.9 Å². The maximum absolute atomic E-state index is 5.74. The van der Waals surface area contributed by atoms with E-state index in [9.17, 15) is 0 Å². The van der Waals surface area contributed by atoms with Crippen molar-refractivity contribution in [3.63, 3.8) is 0 Å². The lowest BCUT2D eigenvalue weighted by Crippen LogP contribution is -2.06. The molecule has 0 saturated carbocycles. The summed E-state index contributed by atoms with van der Waals surface area (Å²) < 4.78 is 5.29. The van der Waals surface area contributed by atoms with Crippen LogP contribution in [0.2, 0.25) is 0 Å². The van der Waals surface area contributed by atoms with Gasteiger partial charge in [0, 0.05) is 4.88 Å². The Kier molecular flexibility index (Phi) is 3.18. The lowest BCUT2D eigenvalue weighted by molar-refractivity contribution is 0.419. The van der Waals surface area contributed by atoms with Gasteiger partial charge >= 0.3 is 0 Å². The summed E-state index contributed by atoms with van der Waals surface area (Å²) in [6.07, 6.45) is 6.29. The van der Waals surface area contributed by atoms with Crippen molar-refractivity contribution in [3.8, 4) is 10.8 Å². The number of thiophene rings is 1. The van der Waals surface area contributed by atoms with Gasteiger partial charge in [-0.05, 0) is 44.2 Å². The second-order valence-electron chi connectivity index (χ2n) is 4.87. The number of aromatic nitrogens is 2. The summed E-state index contributed by atoms with van der Waals surface area (Å²) in [6, 6.07) is 2.03. The number of rotatable bonds is 2. The first-order valence-corrected chi connectivity index (χ1v) is 7.27. The largest absolute Gasteiger partial charge is 0.333 e. The lowest BCUT2D eigenvalue weighted by Gasteiger charge is -1.93. The minimum absolute atomic E-state index is 0.180. The fraction of sp³-hybridized carbons (Fsp3) is 0.538. The molecule has 0 bridgehead atoms. The SMILES string of the molecule is CC(N)c1noc(-c2cc3c(s2)CCCCC3)n1. The summed E-state index contributed by atoms with van der Waals surface area (Å²) in [5.41, 5.74) is 7.21. The standard InChI is InChI=1S/C13H17N3OS/c1-8(14)12-15-13(17-16-12)11-7-9-5-3-2-4-6-10(9)18-11/h7-8H,2-6,14H2,1H3. The first kappa shape index (κ1) is 11.9. The van der Waals surface area contributed by atoms with Gasteiger partial charge in [-0.3, -0.25) is 0 Å². The van der Waals surface area contributed by atoms with Crippen molar-refractivity contribution in [2.45, 2.75) is 45.1 Å². The molecular weight excluding hydrogens is 246 g/mol.